The maximum Gasteiger partial charge on any atom is 0.185 e. The maximum atomic E-state index is 11.7. The third kappa shape index (κ3) is 2.82. The summed E-state index contributed by atoms with van der Waals surface area (Å²) in [6, 6.07) is 9.28. The highest BCUT2D eigenvalue weighted by Gasteiger charge is 2.00. The van der Waals surface area contributed by atoms with E-state index in [-0.39, 0.29) is 5.78 Å². The van der Waals surface area contributed by atoms with Crippen molar-refractivity contribution in [1.82, 2.24) is 0 Å². The predicted octanol–water partition coefficient (Wildman–Crippen LogP) is 3.78. The van der Waals surface area contributed by atoms with Crippen LogP contribution in [0, 0.1) is 3.57 Å². The number of halogens is 1. The van der Waals surface area contributed by atoms with Crippen LogP contribution >= 0.6 is 22.6 Å². The molecule has 3 heteroatoms. The minimum atomic E-state index is -0.00222. The van der Waals surface area contributed by atoms with Gasteiger partial charge in [-0.25, -0.2) is 0 Å². The first-order valence-corrected chi connectivity index (χ1v) is 5.84. The van der Waals surface area contributed by atoms with Crippen molar-refractivity contribution in [3.05, 3.63) is 63.6 Å². The molecule has 0 bridgehead atoms. The third-order valence-electron chi connectivity index (χ3n) is 2.10. The normalized spacial score (nSPS) is 10.8. The predicted molar refractivity (Wildman–Crippen MR) is 71.2 cm³/mol. The molecule has 1 aromatic carbocycles. The molecule has 0 aliphatic rings. The standard InChI is InChI=1S/C13H9IO2/c14-12-4-2-11(3-5-12)13(15)6-1-10-7-8-16-9-10/h1-9H/b6-1+. The van der Waals surface area contributed by atoms with Gasteiger partial charge in [-0.1, -0.05) is 12.1 Å². The lowest BCUT2D eigenvalue weighted by molar-refractivity contribution is 0.104. The molecule has 0 amide bonds. The Labute approximate surface area is 107 Å². The highest BCUT2D eigenvalue weighted by molar-refractivity contribution is 14.1. The molecule has 0 saturated carbocycles. The Bertz CT molecular complexity index is 495. The Morgan fingerprint density at radius 3 is 2.56 bits per heavy atom. The summed E-state index contributed by atoms with van der Waals surface area (Å²) in [5, 5.41) is 0. The van der Waals surface area contributed by atoms with Crippen LogP contribution in [0.2, 0.25) is 0 Å². The fourth-order valence-electron chi connectivity index (χ4n) is 1.25. The van der Waals surface area contributed by atoms with Gasteiger partial charge in [0.05, 0.1) is 12.5 Å². The first-order chi connectivity index (χ1) is 7.75. The molecule has 1 heterocycles. The zero-order valence-electron chi connectivity index (χ0n) is 8.39. The van der Waals surface area contributed by atoms with Gasteiger partial charge in [-0.3, -0.25) is 4.79 Å². The molecule has 0 spiro atoms. The van der Waals surface area contributed by atoms with Gasteiger partial charge < -0.3 is 4.42 Å². The second-order valence-electron chi connectivity index (χ2n) is 3.26. The van der Waals surface area contributed by atoms with Gasteiger partial charge in [0.25, 0.3) is 0 Å². The second kappa shape index (κ2) is 5.12. The molecular formula is C13H9IO2. The van der Waals surface area contributed by atoms with Gasteiger partial charge in [-0.15, -0.1) is 0 Å². The van der Waals surface area contributed by atoms with Crippen molar-refractivity contribution in [3.63, 3.8) is 0 Å². The van der Waals surface area contributed by atoms with E-state index in [0.717, 1.165) is 9.13 Å². The Balaban J connectivity index is 2.11. The van der Waals surface area contributed by atoms with Crippen LogP contribution in [0.3, 0.4) is 0 Å². The van der Waals surface area contributed by atoms with Gasteiger partial charge in [-0.2, -0.15) is 0 Å². The zero-order valence-corrected chi connectivity index (χ0v) is 10.5. The number of hydrogen-bond donors (Lipinski definition) is 0. The van der Waals surface area contributed by atoms with Crippen LogP contribution in [0.1, 0.15) is 15.9 Å². The number of furan rings is 1. The van der Waals surface area contributed by atoms with Crippen molar-refractivity contribution < 1.29 is 9.21 Å². The molecule has 2 aromatic rings. The molecule has 0 radical (unpaired) electrons. The highest BCUT2D eigenvalue weighted by Crippen LogP contribution is 2.09. The molecule has 2 nitrogen and oxygen atoms in total. The van der Waals surface area contributed by atoms with Crippen LogP contribution in [0.15, 0.2) is 53.4 Å². The van der Waals surface area contributed by atoms with Crippen molar-refractivity contribution in [3.8, 4) is 0 Å². The smallest absolute Gasteiger partial charge is 0.185 e. The molecule has 0 unspecified atom stereocenters. The highest BCUT2D eigenvalue weighted by atomic mass is 127. The number of hydrogen-bond acceptors (Lipinski definition) is 2. The summed E-state index contributed by atoms with van der Waals surface area (Å²) in [6.07, 6.45) is 6.46. The van der Waals surface area contributed by atoms with Gasteiger partial charge in [0.1, 0.15) is 0 Å². The molecule has 0 aliphatic heterocycles. The Hall–Kier alpha value is -1.36. The first kappa shape index (κ1) is 11.1. The number of allylic oxidation sites excluding steroid dienone is 1. The third-order valence-corrected chi connectivity index (χ3v) is 2.82. The second-order valence-corrected chi connectivity index (χ2v) is 4.51. The zero-order chi connectivity index (χ0) is 11.4. The summed E-state index contributed by atoms with van der Waals surface area (Å²) in [5.41, 5.74) is 1.58. The Morgan fingerprint density at radius 1 is 1.19 bits per heavy atom. The number of rotatable bonds is 3. The van der Waals surface area contributed by atoms with Crippen molar-refractivity contribution in [2.75, 3.05) is 0 Å². The van der Waals surface area contributed by atoms with E-state index in [4.69, 9.17) is 4.42 Å². The minimum Gasteiger partial charge on any atom is -0.472 e. The fraction of sp³-hybridized carbons (Fsp3) is 0. The van der Waals surface area contributed by atoms with Crippen molar-refractivity contribution in [2.45, 2.75) is 0 Å². The van der Waals surface area contributed by atoms with Gasteiger partial charge in [0, 0.05) is 14.7 Å². The summed E-state index contributed by atoms with van der Waals surface area (Å²) in [7, 11) is 0. The largest absolute Gasteiger partial charge is 0.472 e. The maximum absolute atomic E-state index is 11.7. The van der Waals surface area contributed by atoms with E-state index in [9.17, 15) is 4.79 Å². The quantitative estimate of drug-likeness (QED) is 0.489. The average molecular weight is 324 g/mol. The summed E-state index contributed by atoms with van der Waals surface area (Å²) in [5.74, 6) is -0.00222. The summed E-state index contributed by atoms with van der Waals surface area (Å²) >= 11 is 2.21. The lowest BCUT2D eigenvalue weighted by atomic mass is 10.1. The van der Waals surface area contributed by atoms with Crippen LogP contribution in [0.4, 0.5) is 0 Å². The number of benzene rings is 1. The minimum absolute atomic E-state index is 0.00222. The molecular weight excluding hydrogens is 315 g/mol. The first-order valence-electron chi connectivity index (χ1n) is 4.76. The molecule has 16 heavy (non-hydrogen) atoms. The molecule has 0 fully saturated rings. The number of carbonyl (C=O) groups excluding carboxylic acids is 1. The van der Waals surface area contributed by atoms with Gasteiger partial charge in [-0.05, 0) is 52.9 Å². The van der Waals surface area contributed by atoms with E-state index in [0.29, 0.717) is 5.56 Å². The number of ketones is 1. The van der Waals surface area contributed by atoms with Gasteiger partial charge in [0.2, 0.25) is 0 Å². The average Bonchev–Trinajstić information content (AvgIpc) is 2.80. The molecule has 80 valence electrons. The van der Waals surface area contributed by atoms with Crippen LogP contribution in [-0.2, 0) is 0 Å². The van der Waals surface area contributed by atoms with E-state index in [1.54, 1.807) is 30.7 Å². The number of carbonyl (C=O) groups is 1. The SMILES string of the molecule is O=C(/C=C/c1ccoc1)c1ccc(I)cc1. The van der Waals surface area contributed by atoms with Crippen LogP contribution in [0.25, 0.3) is 6.08 Å². The summed E-state index contributed by atoms with van der Waals surface area (Å²) in [4.78, 5) is 11.7. The monoisotopic (exact) mass is 324 g/mol. The van der Waals surface area contributed by atoms with Gasteiger partial charge in [0.15, 0.2) is 5.78 Å². The summed E-state index contributed by atoms with van der Waals surface area (Å²) in [6.45, 7) is 0. The van der Waals surface area contributed by atoms with Crippen LogP contribution < -0.4 is 0 Å². The Morgan fingerprint density at radius 2 is 1.94 bits per heavy atom. The summed E-state index contributed by atoms with van der Waals surface area (Å²) < 4.78 is 6.02. The van der Waals surface area contributed by atoms with E-state index >= 15 is 0 Å². The van der Waals surface area contributed by atoms with E-state index in [1.807, 2.05) is 24.3 Å². The van der Waals surface area contributed by atoms with Crippen LogP contribution in [-0.4, -0.2) is 5.78 Å². The van der Waals surface area contributed by atoms with E-state index in [1.165, 1.54) is 0 Å². The lowest BCUT2D eigenvalue weighted by Gasteiger charge is -1.95. The molecule has 2 rings (SSSR count). The van der Waals surface area contributed by atoms with Crippen molar-refractivity contribution >= 4 is 34.5 Å². The molecule has 0 aliphatic carbocycles. The molecule has 0 saturated heterocycles. The van der Waals surface area contributed by atoms with Crippen molar-refractivity contribution in [1.29, 1.82) is 0 Å². The van der Waals surface area contributed by atoms with E-state index in [2.05, 4.69) is 22.6 Å². The van der Waals surface area contributed by atoms with Gasteiger partial charge >= 0.3 is 0 Å². The topological polar surface area (TPSA) is 30.2 Å². The van der Waals surface area contributed by atoms with Crippen LogP contribution in [0.5, 0.6) is 0 Å². The lowest BCUT2D eigenvalue weighted by Crippen LogP contribution is -1.93. The molecule has 0 N–H and O–H groups in total. The van der Waals surface area contributed by atoms with Crippen molar-refractivity contribution in [2.24, 2.45) is 0 Å². The fourth-order valence-corrected chi connectivity index (χ4v) is 1.61. The van der Waals surface area contributed by atoms with E-state index < -0.39 is 0 Å². The molecule has 1 aromatic heterocycles. The Kier molecular flexibility index (Phi) is 3.56. The molecule has 0 atom stereocenters.